The number of nitrogens with one attached hydrogen (secondary N) is 1. The number of nitro benzene ring substituents is 1. The molecule has 0 saturated heterocycles. The number of amides is 1. The predicted molar refractivity (Wildman–Crippen MR) is 100 cm³/mol. The number of aromatic nitrogens is 2. The number of hydrogen-bond donors (Lipinski definition) is 1. The largest absolute Gasteiger partial charge is 0.490 e. The Kier molecular flexibility index (Phi) is 4.24. The molecule has 28 heavy (non-hydrogen) atoms. The van der Waals surface area contributed by atoms with E-state index in [0.717, 1.165) is 0 Å². The van der Waals surface area contributed by atoms with Gasteiger partial charge in [0.2, 0.25) is 0 Å². The molecule has 4 rings (SSSR count). The first-order valence-corrected chi connectivity index (χ1v) is 8.23. The Morgan fingerprint density at radius 2 is 2.11 bits per heavy atom. The lowest BCUT2D eigenvalue weighted by molar-refractivity contribution is -0.385. The molecule has 3 aromatic heterocycles. The molecule has 0 bridgehead atoms. The summed E-state index contributed by atoms with van der Waals surface area (Å²) in [7, 11) is 1.33. The first kappa shape index (κ1) is 17.3. The summed E-state index contributed by atoms with van der Waals surface area (Å²) >= 11 is 0. The topological polar surface area (TPSA) is 112 Å². The number of anilines is 1. The lowest BCUT2D eigenvalue weighted by Gasteiger charge is -2.08. The summed E-state index contributed by atoms with van der Waals surface area (Å²) in [6.07, 6.45) is 3.26. The van der Waals surface area contributed by atoms with Gasteiger partial charge in [-0.15, -0.1) is 0 Å². The van der Waals surface area contributed by atoms with E-state index in [1.54, 1.807) is 34.9 Å². The molecule has 0 unspecified atom stereocenters. The van der Waals surface area contributed by atoms with Gasteiger partial charge >= 0.3 is 5.69 Å². The van der Waals surface area contributed by atoms with Gasteiger partial charge in [-0.2, -0.15) is 0 Å². The SMILES string of the molecule is COc1ccc(C(=O)Nc2c(-c3ccco3)nc3ccccn23)cc1[N+](=O)[O-]. The highest BCUT2D eigenvalue weighted by atomic mass is 16.6. The number of fused-ring (bicyclic) bond motifs is 1. The molecule has 9 nitrogen and oxygen atoms in total. The van der Waals surface area contributed by atoms with Crippen molar-refractivity contribution in [3.8, 4) is 17.2 Å². The van der Waals surface area contributed by atoms with Crippen molar-refractivity contribution < 1.29 is 18.9 Å². The third-order valence-corrected chi connectivity index (χ3v) is 4.15. The average molecular weight is 378 g/mol. The van der Waals surface area contributed by atoms with Crippen LogP contribution in [0.1, 0.15) is 10.4 Å². The summed E-state index contributed by atoms with van der Waals surface area (Å²) in [5.41, 5.74) is 0.890. The van der Waals surface area contributed by atoms with Crippen molar-refractivity contribution in [1.82, 2.24) is 9.38 Å². The Hall–Kier alpha value is -4.14. The molecule has 0 aliphatic carbocycles. The number of rotatable bonds is 5. The average Bonchev–Trinajstić information content (AvgIpc) is 3.35. The van der Waals surface area contributed by atoms with Crippen LogP contribution in [-0.4, -0.2) is 27.3 Å². The Labute approximate surface area is 158 Å². The number of furan rings is 1. The van der Waals surface area contributed by atoms with E-state index in [1.165, 1.54) is 31.6 Å². The Bertz CT molecular complexity index is 1180. The van der Waals surface area contributed by atoms with E-state index >= 15 is 0 Å². The monoisotopic (exact) mass is 378 g/mol. The van der Waals surface area contributed by atoms with Crippen LogP contribution < -0.4 is 10.1 Å². The van der Waals surface area contributed by atoms with E-state index in [-0.39, 0.29) is 17.0 Å². The molecule has 0 spiro atoms. The first-order valence-electron chi connectivity index (χ1n) is 8.23. The van der Waals surface area contributed by atoms with E-state index in [2.05, 4.69) is 10.3 Å². The van der Waals surface area contributed by atoms with Gasteiger partial charge in [-0.25, -0.2) is 4.98 Å². The van der Waals surface area contributed by atoms with Gasteiger partial charge in [-0.05, 0) is 36.4 Å². The van der Waals surface area contributed by atoms with Gasteiger partial charge in [-0.1, -0.05) is 6.07 Å². The van der Waals surface area contributed by atoms with Crippen LogP contribution >= 0.6 is 0 Å². The van der Waals surface area contributed by atoms with Crippen LogP contribution in [0.5, 0.6) is 5.75 Å². The van der Waals surface area contributed by atoms with Crippen LogP contribution in [0.2, 0.25) is 0 Å². The van der Waals surface area contributed by atoms with Crippen LogP contribution in [0, 0.1) is 10.1 Å². The predicted octanol–water partition coefficient (Wildman–Crippen LogP) is 3.76. The standard InChI is InChI=1S/C19H14N4O5/c1-27-14-8-7-12(11-13(14)23(25)26)19(24)21-18-17(15-5-4-10-28-15)20-16-6-2-3-9-22(16)18/h2-11H,1H3,(H,21,24). The maximum absolute atomic E-state index is 12.8. The zero-order chi connectivity index (χ0) is 19.7. The number of hydrogen-bond acceptors (Lipinski definition) is 6. The van der Waals surface area contributed by atoms with Crippen LogP contribution in [-0.2, 0) is 0 Å². The van der Waals surface area contributed by atoms with Crippen molar-refractivity contribution in [3.05, 3.63) is 76.7 Å². The Morgan fingerprint density at radius 3 is 2.82 bits per heavy atom. The summed E-state index contributed by atoms with van der Waals surface area (Å²) in [4.78, 5) is 27.9. The van der Waals surface area contributed by atoms with Crippen LogP contribution in [0.25, 0.3) is 17.1 Å². The second-order valence-corrected chi connectivity index (χ2v) is 5.81. The highest BCUT2D eigenvalue weighted by Crippen LogP contribution is 2.31. The summed E-state index contributed by atoms with van der Waals surface area (Å²) in [5, 5.41) is 14.0. The van der Waals surface area contributed by atoms with E-state index in [9.17, 15) is 14.9 Å². The van der Waals surface area contributed by atoms with E-state index in [4.69, 9.17) is 9.15 Å². The smallest absolute Gasteiger partial charge is 0.311 e. The number of benzene rings is 1. The number of pyridine rings is 1. The number of carbonyl (C=O) groups excluding carboxylic acids is 1. The Morgan fingerprint density at radius 1 is 1.25 bits per heavy atom. The summed E-state index contributed by atoms with van der Waals surface area (Å²) in [5.74, 6) is 0.436. The summed E-state index contributed by atoms with van der Waals surface area (Å²) in [6, 6.07) is 12.9. The van der Waals surface area contributed by atoms with Gasteiger partial charge in [0.25, 0.3) is 5.91 Å². The van der Waals surface area contributed by atoms with E-state index in [1.807, 2.05) is 6.07 Å². The van der Waals surface area contributed by atoms with Crippen molar-refractivity contribution in [2.75, 3.05) is 12.4 Å². The fourth-order valence-corrected chi connectivity index (χ4v) is 2.85. The molecule has 4 aromatic rings. The minimum atomic E-state index is -0.599. The molecule has 0 aliphatic heterocycles. The Balaban J connectivity index is 1.76. The normalized spacial score (nSPS) is 10.8. The fourth-order valence-electron chi connectivity index (χ4n) is 2.85. The third-order valence-electron chi connectivity index (χ3n) is 4.15. The highest BCUT2D eigenvalue weighted by Gasteiger charge is 2.22. The molecular weight excluding hydrogens is 364 g/mol. The molecule has 1 aromatic carbocycles. The maximum atomic E-state index is 12.8. The fraction of sp³-hybridized carbons (Fsp3) is 0.0526. The zero-order valence-electron chi connectivity index (χ0n) is 14.7. The summed E-state index contributed by atoms with van der Waals surface area (Å²) < 4.78 is 12.1. The number of methoxy groups -OCH3 is 1. The number of nitrogens with zero attached hydrogens (tertiary/aromatic N) is 3. The van der Waals surface area contributed by atoms with E-state index in [0.29, 0.717) is 22.9 Å². The first-order chi connectivity index (χ1) is 13.6. The van der Waals surface area contributed by atoms with E-state index < -0.39 is 10.8 Å². The van der Waals surface area contributed by atoms with Crippen molar-refractivity contribution in [1.29, 1.82) is 0 Å². The number of carbonyl (C=O) groups is 1. The molecule has 3 heterocycles. The van der Waals surface area contributed by atoms with Crippen molar-refractivity contribution in [2.24, 2.45) is 0 Å². The lowest BCUT2D eigenvalue weighted by atomic mass is 10.1. The molecule has 1 amide bonds. The molecule has 0 saturated carbocycles. The van der Waals surface area contributed by atoms with Crippen molar-refractivity contribution >= 4 is 23.1 Å². The molecule has 0 fully saturated rings. The van der Waals surface area contributed by atoms with Crippen LogP contribution in [0.15, 0.2) is 65.4 Å². The van der Waals surface area contributed by atoms with Gasteiger partial charge in [0.05, 0.1) is 18.3 Å². The van der Waals surface area contributed by atoms with Crippen molar-refractivity contribution in [2.45, 2.75) is 0 Å². The van der Waals surface area contributed by atoms with Gasteiger partial charge in [-0.3, -0.25) is 19.3 Å². The molecular formula is C19H14N4O5. The molecule has 9 heteroatoms. The molecule has 0 aliphatic rings. The zero-order valence-corrected chi connectivity index (χ0v) is 14.7. The van der Waals surface area contributed by atoms with Gasteiger partial charge in [0, 0.05) is 17.8 Å². The highest BCUT2D eigenvalue weighted by molar-refractivity contribution is 6.06. The number of imidazole rings is 1. The molecule has 0 radical (unpaired) electrons. The van der Waals surface area contributed by atoms with Crippen LogP contribution in [0.3, 0.4) is 0 Å². The lowest BCUT2D eigenvalue weighted by Crippen LogP contribution is -2.14. The molecule has 140 valence electrons. The molecule has 1 N–H and O–H groups in total. The van der Waals surface area contributed by atoms with Crippen molar-refractivity contribution in [3.63, 3.8) is 0 Å². The van der Waals surface area contributed by atoms with Gasteiger partial charge < -0.3 is 14.5 Å². The second-order valence-electron chi connectivity index (χ2n) is 5.81. The number of ether oxygens (including phenoxy) is 1. The summed E-state index contributed by atoms with van der Waals surface area (Å²) in [6.45, 7) is 0. The molecule has 0 atom stereocenters. The number of nitro groups is 1. The van der Waals surface area contributed by atoms with Gasteiger partial charge in [0.15, 0.2) is 11.5 Å². The quantitative estimate of drug-likeness (QED) is 0.418. The second kappa shape index (κ2) is 6.88. The minimum Gasteiger partial charge on any atom is -0.490 e. The van der Waals surface area contributed by atoms with Gasteiger partial charge in [0.1, 0.15) is 17.2 Å². The minimum absolute atomic E-state index is 0.0765. The third kappa shape index (κ3) is 2.94. The maximum Gasteiger partial charge on any atom is 0.311 e. The van der Waals surface area contributed by atoms with Crippen LogP contribution in [0.4, 0.5) is 11.5 Å².